The van der Waals surface area contributed by atoms with Crippen molar-refractivity contribution < 1.29 is 14.2 Å². The average molecular weight is 422 g/mol. The van der Waals surface area contributed by atoms with Crippen molar-refractivity contribution in [3.05, 3.63) is 64.3 Å². The normalized spacial score (nSPS) is 12.5. The first kappa shape index (κ1) is 18.8. The van der Waals surface area contributed by atoms with Crippen molar-refractivity contribution in [1.29, 1.82) is 0 Å². The van der Waals surface area contributed by atoms with Gasteiger partial charge in [-0.3, -0.25) is 0 Å². The van der Waals surface area contributed by atoms with Crippen molar-refractivity contribution in [2.45, 2.75) is 20.4 Å². The first-order valence-electron chi connectivity index (χ1n) is 9.60. The Hall–Kier alpha value is -3.25. The zero-order valence-electron chi connectivity index (χ0n) is 16.9. The Kier molecular flexibility index (Phi) is 4.51. The molecule has 3 heterocycles. The van der Waals surface area contributed by atoms with Crippen LogP contribution in [0.1, 0.15) is 16.8 Å². The van der Waals surface area contributed by atoms with Crippen molar-refractivity contribution in [2.75, 3.05) is 13.9 Å². The lowest BCUT2D eigenvalue weighted by Gasteiger charge is -2.10. The van der Waals surface area contributed by atoms with E-state index in [4.69, 9.17) is 35.9 Å². The standard InChI is InChI=1S/C23H20ClN3O3/c1-13-8-18(16-9-19(28-3)22-20(10-16)29-12-30-22)25-23-21(13)14(2)26-27(23)11-15-4-6-17(24)7-5-15/h4-10H,11-12H2,1-3H3. The summed E-state index contributed by atoms with van der Waals surface area (Å²) in [7, 11) is 1.62. The fraction of sp³-hybridized carbons (Fsp3) is 0.217. The summed E-state index contributed by atoms with van der Waals surface area (Å²) < 4.78 is 18.5. The third-order valence-corrected chi connectivity index (χ3v) is 5.53. The van der Waals surface area contributed by atoms with E-state index < -0.39 is 0 Å². The Morgan fingerprint density at radius 1 is 1.10 bits per heavy atom. The minimum Gasteiger partial charge on any atom is -0.493 e. The maximum Gasteiger partial charge on any atom is 0.231 e. The molecule has 0 amide bonds. The highest BCUT2D eigenvalue weighted by Crippen LogP contribution is 2.44. The van der Waals surface area contributed by atoms with E-state index in [1.807, 2.05) is 48.0 Å². The quantitative estimate of drug-likeness (QED) is 0.456. The molecular formula is C23H20ClN3O3. The van der Waals surface area contributed by atoms with Crippen LogP contribution in [0.25, 0.3) is 22.3 Å². The second-order valence-electron chi connectivity index (χ2n) is 7.30. The molecule has 5 rings (SSSR count). The predicted molar refractivity (Wildman–Crippen MR) is 116 cm³/mol. The zero-order chi connectivity index (χ0) is 20.8. The van der Waals surface area contributed by atoms with Crippen LogP contribution in [0, 0.1) is 13.8 Å². The number of halogens is 1. The Bertz CT molecular complexity index is 1270. The molecule has 7 heteroatoms. The van der Waals surface area contributed by atoms with Gasteiger partial charge in [0.25, 0.3) is 0 Å². The number of pyridine rings is 1. The Balaban J connectivity index is 1.63. The maximum atomic E-state index is 6.02. The molecule has 1 aliphatic heterocycles. The summed E-state index contributed by atoms with van der Waals surface area (Å²) in [5, 5.41) is 6.53. The number of fused-ring (bicyclic) bond motifs is 2. The predicted octanol–water partition coefficient (Wildman–Crippen LogP) is 5.15. The molecule has 1 aliphatic rings. The molecule has 4 aromatic rings. The van der Waals surface area contributed by atoms with Crippen LogP contribution < -0.4 is 14.2 Å². The Labute approximate surface area is 179 Å². The highest BCUT2D eigenvalue weighted by atomic mass is 35.5. The molecule has 0 unspecified atom stereocenters. The zero-order valence-corrected chi connectivity index (χ0v) is 17.7. The molecule has 0 bridgehead atoms. The summed E-state index contributed by atoms with van der Waals surface area (Å²) in [5.74, 6) is 1.92. The van der Waals surface area contributed by atoms with Crippen LogP contribution >= 0.6 is 11.6 Å². The van der Waals surface area contributed by atoms with Gasteiger partial charge in [-0.25, -0.2) is 9.67 Å². The Morgan fingerprint density at radius 2 is 1.90 bits per heavy atom. The highest BCUT2D eigenvalue weighted by molar-refractivity contribution is 6.30. The van der Waals surface area contributed by atoms with Gasteiger partial charge in [-0.2, -0.15) is 5.10 Å². The number of nitrogens with zero attached hydrogens (tertiary/aromatic N) is 3. The summed E-state index contributed by atoms with van der Waals surface area (Å²) in [5.41, 5.74) is 5.75. The molecule has 152 valence electrons. The Morgan fingerprint density at radius 3 is 2.67 bits per heavy atom. The highest BCUT2D eigenvalue weighted by Gasteiger charge is 2.22. The van der Waals surface area contributed by atoms with Gasteiger partial charge in [0.1, 0.15) is 0 Å². The number of hydrogen-bond acceptors (Lipinski definition) is 5. The number of benzene rings is 2. The van der Waals surface area contributed by atoms with Gasteiger partial charge in [-0.1, -0.05) is 23.7 Å². The minimum absolute atomic E-state index is 0.188. The SMILES string of the molecule is COc1cc(-c2cc(C)c3c(C)nn(Cc4ccc(Cl)cc4)c3n2)cc2c1OCO2. The summed E-state index contributed by atoms with van der Waals surface area (Å²) in [6, 6.07) is 13.7. The maximum absolute atomic E-state index is 6.02. The van der Waals surface area contributed by atoms with E-state index >= 15 is 0 Å². The van der Waals surface area contributed by atoms with E-state index in [0.717, 1.165) is 39.1 Å². The lowest BCUT2D eigenvalue weighted by atomic mass is 10.1. The van der Waals surface area contributed by atoms with Crippen LogP contribution in [0.15, 0.2) is 42.5 Å². The molecule has 0 saturated carbocycles. The van der Waals surface area contributed by atoms with E-state index in [1.165, 1.54) is 0 Å². The van der Waals surface area contributed by atoms with Crippen LogP contribution in [0.5, 0.6) is 17.2 Å². The molecular weight excluding hydrogens is 402 g/mol. The van der Waals surface area contributed by atoms with E-state index in [1.54, 1.807) is 7.11 Å². The van der Waals surface area contributed by atoms with E-state index in [-0.39, 0.29) is 6.79 Å². The average Bonchev–Trinajstić information content (AvgIpc) is 3.33. The first-order valence-corrected chi connectivity index (χ1v) is 9.98. The number of rotatable bonds is 4. The van der Waals surface area contributed by atoms with Crippen LogP contribution in [-0.2, 0) is 6.54 Å². The van der Waals surface area contributed by atoms with Gasteiger partial charge in [0, 0.05) is 16.0 Å². The van der Waals surface area contributed by atoms with Crippen LogP contribution in [-0.4, -0.2) is 28.7 Å². The number of hydrogen-bond donors (Lipinski definition) is 0. The van der Waals surface area contributed by atoms with Crippen LogP contribution in [0.3, 0.4) is 0 Å². The fourth-order valence-corrected chi connectivity index (χ4v) is 3.99. The summed E-state index contributed by atoms with van der Waals surface area (Å²) in [4.78, 5) is 4.96. The van der Waals surface area contributed by atoms with Crippen LogP contribution in [0.4, 0.5) is 0 Å². The molecule has 2 aromatic heterocycles. The summed E-state index contributed by atoms with van der Waals surface area (Å²) in [6.07, 6.45) is 0. The summed E-state index contributed by atoms with van der Waals surface area (Å²) in [6.45, 7) is 4.90. The third-order valence-electron chi connectivity index (χ3n) is 5.27. The van der Waals surface area contributed by atoms with E-state index in [2.05, 4.69) is 13.0 Å². The second-order valence-corrected chi connectivity index (χ2v) is 7.74. The number of methoxy groups -OCH3 is 1. The lowest BCUT2D eigenvalue weighted by molar-refractivity contribution is 0.171. The van der Waals surface area contributed by atoms with Gasteiger partial charge in [-0.15, -0.1) is 0 Å². The first-order chi connectivity index (χ1) is 14.5. The van der Waals surface area contributed by atoms with Crippen LogP contribution in [0.2, 0.25) is 5.02 Å². The minimum atomic E-state index is 0.188. The smallest absolute Gasteiger partial charge is 0.231 e. The summed E-state index contributed by atoms with van der Waals surface area (Å²) >= 11 is 6.02. The lowest BCUT2D eigenvalue weighted by Crippen LogP contribution is -2.03. The molecule has 0 aliphatic carbocycles. The van der Waals surface area contributed by atoms with Gasteiger partial charge in [0.05, 0.1) is 25.0 Å². The number of ether oxygens (including phenoxy) is 3. The van der Waals surface area contributed by atoms with Crippen molar-refractivity contribution in [2.24, 2.45) is 0 Å². The number of aryl methyl sites for hydroxylation is 2. The molecule has 0 radical (unpaired) electrons. The number of aromatic nitrogens is 3. The van der Waals surface area contributed by atoms with Crippen molar-refractivity contribution in [3.63, 3.8) is 0 Å². The second kappa shape index (κ2) is 7.22. The van der Waals surface area contributed by atoms with E-state index in [0.29, 0.717) is 28.8 Å². The van der Waals surface area contributed by atoms with Crippen molar-refractivity contribution in [1.82, 2.24) is 14.8 Å². The molecule has 30 heavy (non-hydrogen) atoms. The topological polar surface area (TPSA) is 58.4 Å². The van der Waals surface area contributed by atoms with E-state index in [9.17, 15) is 0 Å². The molecule has 2 aromatic carbocycles. The molecule has 0 fully saturated rings. The van der Waals surface area contributed by atoms with Gasteiger partial charge < -0.3 is 14.2 Å². The van der Waals surface area contributed by atoms with Crippen molar-refractivity contribution in [3.8, 4) is 28.5 Å². The molecule has 0 atom stereocenters. The molecule has 0 spiro atoms. The van der Waals surface area contributed by atoms with Gasteiger partial charge in [-0.05, 0) is 55.3 Å². The fourth-order valence-electron chi connectivity index (χ4n) is 3.87. The van der Waals surface area contributed by atoms with Gasteiger partial charge >= 0.3 is 0 Å². The monoisotopic (exact) mass is 421 g/mol. The molecule has 0 N–H and O–H groups in total. The largest absolute Gasteiger partial charge is 0.493 e. The van der Waals surface area contributed by atoms with Crippen molar-refractivity contribution >= 4 is 22.6 Å². The van der Waals surface area contributed by atoms with Gasteiger partial charge in [0.15, 0.2) is 17.1 Å². The molecule has 0 saturated heterocycles. The third kappa shape index (κ3) is 3.13. The van der Waals surface area contributed by atoms with Gasteiger partial charge in [0.2, 0.25) is 12.5 Å². The molecule has 6 nitrogen and oxygen atoms in total.